The minimum Gasteiger partial charge on any atom is -0.454 e. The summed E-state index contributed by atoms with van der Waals surface area (Å²) in [6.07, 6.45) is -3.29. The number of fused-ring (bicyclic) bond motifs is 1. The second-order valence-corrected chi connectivity index (χ2v) is 8.16. The van der Waals surface area contributed by atoms with Crippen LogP contribution < -0.4 is 19.5 Å². The summed E-state index contributed by atoms with van der Waals surface area (Å²) in [6, 6.07) is 10.1. The van der Waals surface area contributed by atoms with Crippen molar-refractivity contribution in [1.82, 2.24) is 10.2 Å². The lowest BCUT2D eigenvalue weighted by molar-refractivity contribution is -0.274. The van der Waals surface area contributed by atoms with Crippen LogP contribution in [-0.2, 0) is 16.0 Å². The molecule has 1 fully saturated rings. The number of thioether (sulfide) groups is 1. The monoisotopic (exact) mass is 494 g/mol. The minimum absolute atomic E-state index is 0.0206. The molecule has 0 aliphatic carbocycles. The van der Waals surface area contributed by atoms with Crippen LogP contribution in [0.5, 0.6) is 17.2 Å². The summed E-state index contributed by atoms with van der Waals surface area (Å²) < 4.78 is 50.9. The quantitative estimate of drug-likeness (QED) is 0.587. The van der Waals surface area contributed by atoms with Crippen molar-refractivity contribution in [3.63, 3.8) is 0 Å². The maximum atomic E-state index is 12.6. The zero-order valence-corrected chi connectivity index (χ0v) is 18.2. The third-order valence-corrected chi connectivity index (χ3v) is 5.65. The molecule has 1 saturated heterocycles. The molecule has 2 aromatic rings. The molecule has 2 heterocycles. The number of ether oxygens (including phenoxy) is 3. The number of hydrogen-bond donors (Lipinski definition) is 1. The number of halogens is 3. The van der Waals surface area contributed by atoms with E-state index in [-0.39, 0.29) is 37.0 Å². The molecule has 2 aromatic carbocycles. The van der Waals surface area contributed by atoms with Crippen molar-refractivity contribution in [3.05, 3.63) is 58.5 Å². The van der Waals surface area contributed by atoms with Crippen LogP contribution in [0.4, 0.5) is 18.0 Å². The number of amides is 3. The number of carbonyl (C=O) groups is 3. The van der Waals surface area contributed by atoms with Gasteiger partial charge in [0, 0.05) is 13.1 Å². The molecule has 2 aliphatic heterocycles. The fraction of sp³-hybridized carbons (Fsp3) is 0.227. The number of rotatable bonds is 7. The van der Waals surface area contributed by atoms with E-state index in [0.717, 1.165) is 28.8 Å². The number of nitrogens with zero attached hydrogens (tertiary/aromatic N) is 1. The van der Waals surface area contributed by atoms with Gasteiger partial charge in [-0.25, -0.2) is 0 Å². The molecular weight excluding hydrogens is 477 g/mol. The summed E-state index contributed by atoms with van der Waals surface area (Å²) in [4.78, 5) is 38.2. The first-order valence-corrected chi connectivity index (χ1v) is 10.8. The van der Waals surface area contributed by atoms with Gasteiger partial charge in [-0.15, -0.1) is 13.2 Å². The zero-order valence-electron chi connectivity index (χ0n) is 17.4. The molecule has 0 spiro atoms. The smallest absolute Gasteiger partial charge is 0.454 e. The van der Waals surface area contributed by atoms with E-state index >= 15 is 0 Å². The van der Waals surface area contributed by atoms with Crippen LogP contribution in [0, 0.1) is 0 Å². The van der Waals surface area contributed by atoms with E-state index in [2.05, 4.69) is 10.1 Å². The van der Waals surface area contributed by atoms with Gasteiger partial charge in [0.15, 0.2) is 11.5 Å². The molecule has 8 nitrogen and oxygen atoms in total. The van der Waals surface area contributed by atoms with Crippen LogP contribution in [0.2, 0.25) is 0 Å². The highest BCUT2D eigenvalue weighted by molar-refractivity contribution is 8.18. The average molecular weight is 494 g/mol. The molecule has 0 radical (unpaired) electrons. The number of carbonyl (C=O) groups excluding carboxylic acids is 3. The first-order chi connectivity index (χ1) is 16.2. The minimum atomic E-state index is -4.79. The average Bonchev–Trinajstić information content (AvgIpc) is 3.33. The highest BCUT2D eigenvalue weighted by atomic mass is 32.2. The maximum absolute atomic E-state index is 12.6. The summed E-state index contributed by atoms with van der Waals surface area (Å²) >= 11 is 0.798. The van der Waals surface area contributed by atoms with Crippen molar-refractivity contribution in [2.24, 2.45) is 0 Å². The van der Waals surface area contributed by atoms with E-state index < -0.39 is 23.4 Å². The third-order valence-electron chi connectivity index (χ3n) is 4.75. The van der Waals surface area contributed by atoms with E-state index in [1.165, 1.54) is 12.1 Å². The van der Waals surface area contributed by atoms with E-state index in [1.807, 2.05) is 0 Å². The van der Waals surface area contributed by atoms with E-state index in [4.69, 9.17) is 9.47 Å². The molecule has 1 N–H and O–H groups in total. The molecule has 0 atom stereocenters. The van der Waals surface area contributed by atoms with Gasteiger partial charge in [0.1, 0.15) is 5.75 Å². The maximum Gasteiger partial charge on any atom is 0.573 e. The molecule has 0 unspecified atom stereocenters. The van der Waals surface area contributed by atoms with Crippen molar-refractivity contribution >= 4 is 34.9 Å². The molecule has 2 aliphatic rings. The van der Waals surface area contributed by atoms with Crippen LogP contribution in [0.25, 0.3) is 6.08 Å². The summed E-state index contributed by atoms with van der Waals surface area (Å²) in [5, 5.41) is 2.14. The largest absolute Gasteiger partial charge is 0.573 e. The highest BCUT2D eigenvalue weighted by Gasteiger charge is 2.35. The predicted molar refractivity (Wildman–Crippen MR) is 115 cm³/mol. The Morgan fingerprint density at radius 3 is 2.59 bits per heavy atom. The SMILES string of the molecule is O=C(Cc1ccc(OC(F)(F)F)cc1)NCCN1C(=O)S/C(=C\c2ccc3c(c2)OCO3)C1=O. The van der Waals surface area contributed by atoms with Gasteiger partial charge in [-0.2, -0.15) is 0 Å². The normalized spacial score (nSPS) is 16.3. The number of imide groups is 1. The summed E-state index contributed by atoms with van der Waals surface area (Å²) in [7, 11) is 0. The Morgan fingerprint density at radius 2 is 1.85 bits per heavy atom. The summed E-state index contributed by atoms with van der Waals surface area (Å²) in [6.45, 7) is 0.134. The van der Waals surface area contributed by atoms with Gasteiger partial charge in [0.05, 0.1) is 11.3 Å². The molecule has 3 amide bonds. The Balaban J connectivity index is 1.27. The topological polar surface area (TPSA) is 94.2 Å². The van der Waals surface area contributed by atoms with E-state index in [1.54, 1.807) is 24.3 Å². The van der Waals surface area contributed by atoms with Crippen molar-refractivity contribution in [2.75, 3.05) is 19.9 Å². The lowest BCUT2D eigenvalue weighted by Crippen LogP contribution is -2.37. The Bertz CT molecular complexity index is 1150. The second kappa shape index (κ2) is 9.67. The van der Waals surface area contributed by atoms with Gasteiger partial charge in [-0.1, -0.05) is 18.2 Å². The van der Waals surface area contributed by atoms with Crippen molar-refractivity contribution in [3.8, 4) is 17.2 Å². The number of benzene rings is 2. The van der Waals surface area contributed by atoms with Gasteiger partial charge in [-0.05, 0) is 53.2 Å². The predicted octanol–water partition coefficient (Wildman–Crippen LogP) is 3.71. The Morgan fingerprint density at radius 1 is 1.12 bits per heavy atom. The molecule has 12 heteroatoms. The second-order valence-electron chi connectivity index (χ2n) is 7.16. The van der Waals surface area contributed by atoms with Gasteiger partial charge in [-0.3, -0.25) is 19.3 Å². The van der Waals surface area contributed by atoms with Gasteiger partial charge in [0.25, 0.3) is 11.1 Å². The van der Waals surface area contributed by atoms with Gasteiger partial charge >= 0.3 is 6.36 Å². The molecular formula is C22H17F3N2O6S. The first kappa shape index (κ1) is 23.5. The number of hydrogen-bond acceptors (Lipinski definition) is 7. The van der Waals surface area contributed by atoms with Crippen molar-refractivity contribution < 1.29 is 41.8 Å². The van der Waals surface area contributed by atoms with Crippen LogP contribution in [-0.4, -0.2) is 48.2 Å². The first-order valence-electron chi connectivity index (χ1n) is 9.94. The fourth-order valence-electron chi connectivity index (χ4n) is 3.21. The molecule has 34 heavy (non-hydrogen) atoms. The molecule has 0 aromatic heterocycles. The number of alkyl halides is 3. The van der Waals surface area contributed by atoms with Crippen LogP contribution in [0.15, 0.2) is 47.4 Å². The standard InChI is InChI=1S/C22H17F3N2O6S/c23-22(24,25)33-15-4-1-13(2-5-15)11-19(28)26-7-8-27-20(29)18(34-21(27)30)10-14-3-6-16-17(9-14)32-12-31-16/h1-6,9-10H,7-8,11-12H2,(H,26,28)/b18-10-. The lowest BCUT2D eigenvalue weighted by Gasteiger charge is -2.13. The highest BCUT2D eigenvalue weighted by Crippen LogP contribution is 2.36. The van der Waals surface area contributed by atoms with E-state index in [9.17, 15) is 27.6 Å². The van der Waals surface area contributed by atoms with Gasteiger partial charge < -0.3 is 19.5 Å². The Labute approximate surface area is 195 Å². The van der Waals surface area contributed by atoms with Crippen molar-refractivity contribution in [2.45, 2.75) is 12.8 Å². The molecule has 4 rings (SSSR count). The van der Waals surface area contributed by atoms with Crippen LogP contribution in [0.3, 0.4) is 0 Å². The van der Waals surface area contributed by atoms with Crippen LogP contribution >= 0.6 is 11.8 Å². The summed E-state index contributed by atoms with van der Waals surface area (Å²) in [5.41, 5.74) is 1.15. The van der Waals surface area contributed by atoms with Gasteiger partial charge in [0.2, 0.25) is 12.7 Å². The Hall–Kier alpha value is -3.67. The van der Waals surface area contributed by atoms with E-state index in [0.29, 0.717) is 22.6 Å². The third kappa shape index (κ3) is 5.81. The number of nitrogens with one attached hydrogen (secondary N) is 1. The molecule has 178 valence electrons. The fourth-order valence-corrected chi connectivity index (χ4v) is 4.08. The zero-order chi connectivity index (χ0) is 24.3. The Kier molecular flexibility index (Phi) is 6.68. The molecule has 0 bridgehead atoms. The van der Waals surface area contributed by atoms with Crippen LogP contribution in [0.1, 0.15) is 11.1 Å². The molecule has 0 saturated carbocycles. The lowest BCUT2D eigenvalue weighted by atomic mass is 10.1. The summed E-state index contributed by atoms with van der Waals surface area (Å²) in [5.74, 6) is -0.107. The van der Waals surface area contributed by atoms with Crippen molar-refractivity contribution in [1.29, 1.82) is 0 Å².